The van der Waals surface area contributed by atoms with Gasteiger partial charge in [-0.2, -0.15) is 0 Å². The van der Waals surface area contributed by atoms with Crippen LogP contribution in [0.25, 0.3) is 0 Å². The van der Waals surface area contributed by atoms with E-state index in [0.717, 1.165) is 0 Å². The van der Waals surface area contributed by atoms with Crippen LogP contribution in [-0.2, 0) is 9.59 Å². The second-order valence-corrected chi connectivity index (χ2v) is 0.289. The topological polar surface area (TPSA) is 65.6 Å². The summed E-state index contributed by atoms with van der Waals surface area (Å²) in [6, 6.07) is 0. The summed E-state index contributed by atoms with van der Waals surface area (Å²) in [5.74, 6) is 2.50. The Kier molecular flexibility index (Phi) is 237. The quantitative estimate of drug-likeness (QED) is 0.375. The Bertz CT molecular complexity index is 60.9. The van der Waals surface area contributed by atoms with E-state index >= 15 is 0 Å². The molecule has 0 aliphatic rings. The molecule has 7 heavy (non-hydrogen) atoms. The maximum absolute atomic E-state index is 8.57. The molecule has 0 aliphatic heterocycles. The van der Waals surface area contributed by atoms with Crippen LogP contribution in [0.15, 0.2) is 13.2 Å². The van der Waals surface area contributed by atoms with Crippen molar-refractivity contribution in [1.29, 1.82) is 0 Å². The van der Waals surface area contributed by atoms with Crippen LogP contribution in [0.2, 0.25) is 0 Å². The maximum atomic E-state index is 8.57. The Morgan fingerprint density at radius 2 is 1.00 bits per heavy atom. The van der Waals surface area contributed by atoms with Crippen molar-refractivity contribution < 1.29 is 15.1 Å². The Balaban J connectivity index is -0.0000000400. The molecule has 0 radical (unpaired) electrons. The maximum Gasteiger partial charge on any atom is 0.116 e. The molecule has 3 nitrogen and oxygen atoms in total. The average Bonchev–Trinajstić information content (AvgIpc) is 1.39. The van der Waals surface area contributed by atoms with Gasteiger partial charge in [0.1, 0.15) is 11.9 Å². The Hall–Kier alpha value is -1.14. The van der Waals surface area contributed by atoms with Crippen molar-refractivity contribution in [2.75, 3.05) is 0 Å². The van der Waals surface area contributed by atoms with Gasteiger partial charge >= 0.3 is 0 Å². The predicted molar refractivity (Wildman–Crippen MR) is 26.3 cm³/mol. The molecule has 40 valence electrons. The molecule has 0 aromatic rings. The van der Waals surface area contributed by atoms with Crippen LogP contribution >= 0.6 is 0 Å². The summed E-state index contributed by atoms with van der Waals surface area (Å²) >= 11 is 0. The standard InChI is InChI=1S/2C2H2O.H2O/c2*1-2-3;/h2*1H2;1H2. The first-order valence-electron chi connectivity index (χ1n) is 1.12. The molecule has 0 aliphatic carbocycles. The summed E-state index contributed by atoms with van der Waals surface area (Å²) < 4.78 is 0. The summed E-state index contributed by atoms with van der Waals surface area (Å²) in [6.07, 6.45) is 0. The number of rotatable bonds is 0. The van der Waals surface area contributed by atoms with E-state index in [-0.39, 0.29) is 5.48 Å². The van der Waals surface area contributed by atoms with Gasteiger partial charge in [0, 0.05) is 0 Å². The minimum Gasteiger partial charge on any atom is -0.412 e. The fraction of sp³-hybridized carbons (Fsp3) is 0. The van der Waals surface area contributed by atoms with E-state index < -0.39 is 0 Å². The molecule has 0 fully saturated rings. The summed E-state index contributed by atoms with van der Waals surface area (Å²) in [7, 11) is 0. The lowest BCUT2D eigenvalue weighted by molar-refractivity contribution is 0.569. The third-order valence-corrected chi connectivity index (χ3v) is 0. The Labute approximate surface area is 41.3 Å². The zero-order valence-corrected chi connectivity index (χ0v) is 3.73. The highest BCUT2D eigenvalue weighted by Crippen LogP contribution is 0.897. The molecule has 0 rings (SSSR count). The van der Waals surface area contributed by atoms with Crippen LogP contribution in [0.5, 0.6) is 0 Å². The van der Waals surface area contributed by atoms with E-state index in [1.54, 1.807) is 0 Å². The van der Waals surface area contributed by atoms with E-state index in [9.17, 15) is 0 Å². The number of hydrogen-bond acceptors (Lipinski definition) is 2. The highest BCUT2D eigenvalue weighted by Gasteiger charge is 1.01. The lowest BCUT2D eigenvalue weighted by Crippen LogP contribution is -1.15. The first-order valence-corrected chi connectivity index (χ1v) is 1.12. The van der Waals surface area contributed by atoms with Gasteiger partial charge in [0.15, 0.2) is 0 Å². The Morgan fingerprint density at radius 3 is 1.00 bits per heavy atom. The lowest BCUT2D eigenvalue weighted by Gasteiger charge is -1.02. The smallest absolute Gasteiger partial charge is 0.116 e. The summed E-state index contributed by atoms with van der Waals surface area (Å²) in [6.45, 7) is 5.36. The van der Waals surface area contributed by atoms with E-state index in [0.29, 0.717) is 0 Å². The molecule has 0 spiro atoms. The normalized spacial score (nSPS) is 2.29. The van der Waals surface area contributed by atoms with Crippen LogP contribution in [-0.4, -0.2) is 17.4 Å². The van der Waals surface area contributed by atoms with Crippen molar-refractivity contribution in [3.8, 4) is 0 Å². The first kappa shape index (κ1) is 16.9. The number of carbonyl (C=O) groups excluding carboxylic acids is 2. The van der Waals surface area contributed by atoms with Crippen LogP contribution in [0, 0.1) is 0 Å². The molecule has 0 atom stereocenters. The van der Waals surface area contributed by atoms with Gasteiger partial charge in [0.05, 0.1) is 0 Å². The SMILES string of the molecule is C=C=O.C=C=O.O. The van der Waals surface area contributed by atoms with Crippen molar-refractivity contribution in [3.63, 3.8) is 0 Å². The van der Waals surface area contributed by atoms with E-state index in [1.165, 1.54) is 11.9 Å². The molecule has 0 bridgehead atoms. The van der Waals surface area contributed by atoms with Crippen LogP contribution in [0.3, 0.4) is 0 Å². The Morgan fingerprint density at radius 1 is 1.00 bits per heavy atom. The molecule has 0 unspecified atom stereocenters. The van der Waals surface area contributed by atoms with Crippen LogP contribution in [0.4, 0.5) is 0 Å². The molecule has 3 heteroatoms. The fourth-order valence-electron chi connectivity index (χ4n) is 0. The third-order valence-electron chi connectivity index (χ3n) is 0. The molecular formula is C4H6O3. The molecular weight excluding hydrogens is 96.0 g/mol. The fourth-order valence-corrected chi connectivity index (χ4v) is 0. The summed E-state index contributed by atoms with van der Waals surface area (Å²) in [4.78, 5) is 17.1. The molecule has 0 saturated heterocycles. The van der Waals surface area contributed by atoms with Gasteiger partial charge in [0.2, 0.25) is 0 Å². The van der Waals surface area contributed by atoms with E-state index in [2.05, 4.69) is 13.2 Å². The largest absolute Gasteiger partial charge is 0.412 e. The van der Waals surface area contributed by atoms with Crippen LogP contribution < -0.4 is 0 Å². The second kappa shape index (κ2) is 97.9. The minimum absolute atomic E-state index is 0. The van der Waals surface area contributed by atoms with Gasteiger partial charge < -0.3 is 5.48 Å². The summed E-state index contributed by atoms with van der Waals surface area (Å²) in [5, 5.41) is 0. The van der Waals surface area contributed by atoms with Gasteiger partial charge in [-0.05, 0) is 13.2 Å². The zero-order chi connectivity index (χ0) is 5.41. The van der Waals surface area contributed by atoms with Crippen LogP contribution in [0.1, 0.15) is 0 Å². The molecule has 2 N–H and O–H groups in total. The van der Waals surface area contributed by atoms with Crippen molar-refractivity contribution >= 4 is 11.9 Å². The highest BCUT2D eigenvalue weighted by atomic mass is 16.1. The monoisotopic (exact) mass is 102 g/mol. The molecule has 0 aromatic heterocycles. The predicted octanol–water partition coefficient (Wildman–Crippen LogP) is -0.817. The van der Waals surface area contributed by atoms with Crippen molar-refractivity contribution in [2.24, 2.45) is 0 Å². The van der Waals surface area contributed by atoms with Gasteiger partial charge in [-0.3, -0.25) is 0 Å². The zero-order valence-electron chi connectivity index (χ0n) is 3.73. The van der Waals surface area contributed by atoms with E-state index in [1.807, 2.05) is 0 Å². The van der Waals surface area contributed by atoms with Gasteiger partial charge in [-0.1, -0.05) is 0 Å². The second-order valence-electron chi connectivity index (χ2n) is 0.289. The molecule has 0 heterocycles. The van der Waals surface area contributed by atoms with Gasteiger partial charge in [-0.25, -0.2) is 9.59 Å². The van der Waals surface area contributed by atoms with Gasteiger partial charge in [0.25, 0.3) is 0 Å². The minimum atomic E-state index is 0. The highest BCUT2D eigenvalue weighted by molar-refractivity contribution is 5.38. The molecule has 0 aromatic carbocycles. The third kappa shape index (κ3) is 30.6. The molecule has 0 saturated carbocycles. The summed E-state index contributed by atoms with van der Waals surface area (Å²) in [5.41, 5.74) is 0. The van der Waals surface area contributed by atoms with Gasteiger partial charge in [-0.15, -0.1) is 0 Å². The number of hydrogen-bond donors (Lipinski definition) is 0. The average molecular weight is 102 g/mol. The lowest BCUT2D eigenvalue weighted by atomic mass is 11.2. The van der Waals surface area contributed by atoms with Crippen molar-refractivity contribution in [2.45, 2.75) is 0 Å². The molecule has 0 amide bonds. The first-order chi connectivity index (χ1) is 2.83. The van der Waals surface area contributed by atoms with Crippen molar-refractivity contribution in [3.05, 3.63) is 13.2 Å². The van der Waals surface area contributed by atoms with E-state index in [4.69, 9.17) is 9.59 Å². The van der Waals surface area contributed by atoms with Crippen molar-refractivity contribution in [1.82, 2.24) is 0 Å².